The summed E-state index contributed by atoms with van der Waals surface area (Å²) >= 11 is 0.458. The number of alkyl halides is 3. The van der Waals surface area contributed by atoms with Crippen molar-refractivity contribution in [3.05, 3.63) is 46.2 Å². The number of piperidine rings is 1. The second-order valence-corrected chi connectivity index (χ2v) is 9.25. The number of nitrogens with zero attached hydrogens (tertiary/aromatic N) is 6. The number of likely N-dealkylation sites (tertiary alicyclic amines) is 1. The predicted molar refractivity (Wildman–Crippen MR) is 117 cm³/mol. The van der Waals surface area contributed by atoms with Gasteiger partial charge in [-0.3, -0.25) is 4.79 Å². The Bertz CT molecular complexity index is 1140. The Kier molecular flexibility index (Phi) is 6.37. The molecule has 176 valence electrons. The van der Waals surface area contributed by atoms with Crippen LogP contribution in [0.5, 0.6) is 0 Å². The van der Waals surface area contributed by atoms with E-state index in [0.29, 0.717) is 29.1 Å². The highest BCUT2D eigenvalue weighted by Gasteiger charge is 2.37. The number of carbonyl (C=O) groups is 1. The number of aromatic nitrogens is 5. The number of amides is 1. The molecule has 2 atom stereocenters. The molecule has 12 heteroatoms. The minimum absolute atomic E-state index is 0.0833. The van der Waals surface area contributed by atoms with Crippen molar-refractivity contribution in [1.82, 2.24) is 30.1 Å². The molecule has 1 N–H and O–H groups in total. The second kappa shape index (κ2) is 9.08. The van der Waals surface area contributed by atoms with Crippen molar-refractivity contribution in [2.45, 2.75) is 45.8 Å². The van der Waals surface area contributed by atoms with Gasteiger partial charge in [0.25, 0.3) is 5.91 Å². The zero-order valence-corrected chi connectivity index (χ0v) is 19.2. The van der Waals surface area contributed by atoms with Crippen LogP contribution in [-0.2, 0) is 6.18 Å². The van der Waals surface area contributed by atoms with Crippen molar-refractivity contribution in [1.29, 1.82) is 0 Å². The summed E-state index contributed by atoms with van der Waals surface area (Å²) < 4.78 is 38.5. The SMILES string of the molecule is Cc1ccc(-n2ncc(C)n2)c(C(=O)N2CCCC(C)C2CNc2nnc(C(F)(F)F)s2)c1. The first-order valence-electron chi connectivity index (χ1n) is 10.6. The molecule has 1 amide bonds. The van der Waals surface area contributed by atoms with Crippen LogP contribution in [0.25, 0.3) is 5.69 Å². The maximum Gasteiger partial charge on any atom is 0.445 e. The van der Waals surface area contributed by atoms with Crippen molar-refractivity contribution in [3.8, 4) is 5.69 Å². The lowest BCUT2D eigenvalue weighted by molar-refractivity contribution is -0.138. The van der Waals surface area contributed by atoms with Gasteiger partial charge in [-0.1, -0.05) is 29.9 Å². The molecule has 3 aromatic rings. The molecule has 2 aromatic heterocycles. The van der Waals surface area contributed by atoms with Crippen LogP contribution in [0.15, 0.2) is 24.4 Å². The molecule has 0 bridgehead atoms. The quantitative estimate of drug-likeness (QED) is 0.593. The van der Waals surface area contributed by atoms with E-state index in [1.54, 1.807) is 11.1 Å². The number of benzene rings is 1. The number of aryl methyl sites for hydroxylation is 2. The Balaban J connectivity index is 1.58. The molecule has 1 aliphatic heterocycles. The third-order valence-electron chi connectivity index (χ3n) is 5.71. The molecule has 0 radical (unpaired) electrons. The minimum Gasteiger partial charge on any atom is -0.358 e. The van der Waals surface area contributed by atoms with Crippen LogP contribution in [0.4, 0.5) is 18.3 Å². The molecule has 1 aromatic carbocycles. The maximum absolute atomic E-state index is 13.7. The van der Waals surface area contributed by atoms with Gasteiger partial charge in [0, 0.05) is 13.1 Å². The third kappa shape index (κ3) is 5.00. The number of hydrogen-bond acceptors (Lipinski definition) is 7. The number of carbonyl (C=O) groups excluding carboxylic acids is 1. The Morgan fingerprint density at radius 2 is 2.06 bits per heavy atom. The Labute approximate surface area is 192 Å². The van der Waals surface area contributed by atoms with E-state index in [2.05, 4.69) is 25.7 Å². The molecule has 3 heterocycles. The molecular formula is C21H24F3N7OS. The van der Waals surface area contributed by atoms with E-state index < -0.39 is 11.2 Å². The second-order valence-electron chi connectivity index (χ2n) is 8.27. The van der Waals surface area contributed by atoms with Crippen LogP contribution in [-0.4, -0.2) is 55.1 Å². The van der Waals surface area contributed by atoms with E-state index >= 15 is 0 Å². The smallest absolute Gasteiger partial charge is 0.358 e. The fourth-order valence-corrected chi connectivity index (χ4v) is 4.64. The Morgan fingerprint density at radius 1 is 1.27 bits per heavy atom. The monoisotopic (exact) mass is 479 g/mol. The lowest BCUT2D eigenvalue weighted by Crippen LogP contribution is -2.51. The molecule has 33 heavy (non-hydrogen) atoms. The predicted octanol–water partition coefficient (Wildman–Crippen LogP) is 4.11. The molecule has 0 spiro atoms. The van der Waals surface area contributed by atoms with Crippen molar-refractivity contribution in [3.63, 3.8) is 0 Å². The van der Waals surface area contributed by atoms with Gasteiger partial charge in [0.1, 0.15) is 0 Å². The highest BCUT2D eigenvalue weighted by atomic mass is 32.1. The van der Waals surface area contributed by atoms with Crippen molar-refractivity contribution >= 4 is 22.4 Å². The molecule has 0 saturated carbocycles. The average molecular weight is 480 g/mol. The van der Waals surface area contributed by atoms with Crippen LogP contribution in [0.3, 0.4) is 0 Å². The van der Waals surface area contributed by atoms with Crippen LogP contribution in [0, 0.1) is 19.8 Å². The van der Waals surface area contributed by atoms with Gasteiger partial charge in [-0.2, -0.15) is 28.2 Å². The van der Waals surface area contributed by atoms with Gasteiger partial charge in [0.05, 0.1) is 29.2 Å². The first kappa shape index (κ1) is 23.1. The maximum atomic E-state index is 13.7. The number of nitrogens with one attached hydrogen (secondary N) is 1. The molecule has 1 aliphatic rings. The normalized spacial score (nSPS) is 19.0. The Hall–Kier alpha value is -3.02. The van der Waals surface area contributed by atoms with E-state index in [4.69, 9.17) is 0 Å². The van der Waals surface area contributed by atoms with Gasteiger partial charge in [0.2, 0.25) is 10.1 Å². The van der Waals surface area contributed by atoms with Gasteiger partial charge in [-0.15, -0.1) is 10.2 Å². The summed E-state index contributed by atoms with van der Waals surface area (Å²) in [6, 6.07) is 5.32. The molecule has 2 unspecified atom stereocenters. The first-order valence-corrected chi connectivity index (χ1v) is 11.4. The Morgan fingerprint density at radius 3 is 2.73 bits per heavy atom. The largest absolute Gasteiger partial charge is 0.445 e. The van der Waals surface area contributed by atoms with E-state index in [9.17, 15) is 18.0 Å². The fourth-order valence-electron chi connectivity index (χ4n) is 4.02. The van der Waals surface area contributed by atoms with E-state index in [1.165, 1.54) is 4.80 Å². The lowest BCUT2D eigenvalue weighted by atomic mass is 9.90. The highest BCUT2D eigenvalue weighted by molar-refractivity contribution is 7.15. The lowest BCUT2D eigenvalue weighted by Gasteiger charge is -2.40. The zero-order chi connectivity index (χ0) is 23.8. The highest BCUT2D eigenvalue weighted by Crippen LogP contribution is 2.33. The molecule has 1 fully saturated rings. The molecule has 0 aliphatic carbocycles. The van der Waals surface area contributed by atoms with Gasteiger partial charge in [-0.05, 0) is 44.7 Å². The summed E-state index contributed by atoms with van der Waals surface area (Å²) in [7, 11) is 0. The number of anilines is 1. The summed E-state index contributed by atoms with van der Waals surface area (Å²) in [6.45, 7) is 6.61. The van der Waals surface area contributed by atoms with E-state index in [-0.39, 0.29) is 29.5 Å². The topological polar surface area (TPSA) is 88.8 Å². The van der Waals surface area contributed by atoms with Crippen LogP contribution in [0.2, 0.25) is 0 Å². The van der Waals surface area contributed by atoms with Crippen LogP contribution >= 0.6 is 11.3 Å². The van der Waals surface area contributed by atoms with Gasteiger partial charge in [-0.25, -0.2) is 0 Å². The van der Waals surface area contributed by atoms with Crippen LogP contribution in [0.1, 0.15) is 46.4 Å². The van der Waals surface area contributed by atoms with Crippen molar-refractivity contribution in [2.24, 2.45) is 5.92 Å². The summed E-state index contributed by atoms with van der Waals surface area (Å²) in [5, 5.41) is 17.5. The number of rotatable bonds is 5. The average Bonchev–Trinajstić information content (AvgIpc) is 3.41. The summed E-state index contributed by atoms with van der Waals surface area (Å²) in [5.41, 5.74) is 2.74. The van der Waals surface area contributed by atoms with Gasteiger partial charge >= 0.3 is 6.18 Å². The summed E-state index contributed by atoms with van der Waals surface area (Å²) in [5.74, 6) is -0.00112. The third-order valence-corrected chi connectivity index (χ3v) is 6.64. The molecular weight excluding hydrogens is 455 g/mol. The fraction of sp³-hybridized carbons (Fsp3) is 0.476. The number of hydrogen-bond donors (Lipinski definition) is 1. The van der Waals surface area contributed by atoms with E-state index in [0.717, 1.165) is 24.1 Å². The first-order chi connectivity index (χ1) is 15.6. The van der Waals surface area contributed by atoms with Gasteiger partial charge in [0.15, 0.2) is 0 Å². The molecule has 4 rings (SSSR count). The molecule has 1 saturated heterocycles. The van der Waals surface area contributed by atoms with Gasteiger partial charge < -0.3 is 10.2 Å². The molecule has 8 nitrogen and oxygen atoms in total. The number of halogens is 3. The standard InChI is InChI=1S/C21H24F3N7OS/c1-12-6-7-16(31-26-10-14(3)29-31)15(9-12)18(32)30-8-4-5-13(2)17(30)11-25-20-28-27-19(33-20)21(22,23)24/h6-7,9-10,13,17H,4-5,8,11H2,1-3H3,(H,25,28). The minimum atomic E-state index is -4.53. The van der Waals surface area contributed by atoms with Crippen LogP contribution < -0.4 is 5.32 Å². The van der Waals surface area contributed by atoms with Crippen molar-refractivity contribution in [2.75, 3.05) is 18.4 Å². The summed E-state index contributed by atoms with van der Waals surface area (Å²) in [4.78, 5) is 17.0. The van der Waals surface area contributed by atoms with E-state index in [1.807, 2.05) is 39.0 Å². The zero-order valence-electron chi connectivity index (χ0n) is 18.4. The summed E-state index contributed by atoms with van der Waals surface area (Å²) in [6.07, 6.45) is -1.14. The van der Waals surface area contributed by atoms with Crippen molar-refractivity contribution < 1.29 is 18.0 Å².